The number of nitrogens with one attached hydrogen (secondary N) is 2. The van der Waals surface area contributed by atoms with Gasteiger partial charge in [0.1, 0.15) is 5.82 Å². The fourth-order valence-corrected chi connectivity index (χ4v) is 3.59. The number of nitrogens with zero attached hydrogens (tertiary/aromatic N) is 1. The first-order valence-corrected chi connectivity index (χ1v) is 10.2. The van der Waals surface area contributed by atoms with E-state index in [2.05, 4.69) is 10.6 Å². The zero-order valence-corrected chi connectivity index (χ0v) is 17.1. The molecule has 2 amide bonds. The SMILES string of the molecule is CC(=O)NC[C@@H]1CC(=O)N(c2ccc(-c3ccc(CNCCCF)cc3)c(F)c2)C1. The van der Waals surface area contributed by atoms with Crippen molar-refractivity contribution in [2.45, 2.75) is 26.3 Å². The highest BCUT2D eigenvalue weighted by Gasteiger charge is 2.31. The zero-order valence-electron chi connectivity index (χ0n) is 17.1. The van der Waals surface area contributed by atoms with Gasteiger partial charge in [-0.2, -0.15) is 0 Å². The Kier molecular flexibility index (Phi) is 7.52. The predicted octanol–water partition coefficient (Wildman–Crippen LogP) is 3.43. The van der Waals surface area contributed by atoms with Crippen molar-refractivity contribution >= 4 is 17.5 Å². The zero-order chi connectivity index (χ0) is 21.5. The Morgan fingerprint density at radius 2 is 1.97 bits per heavy atom. The summed E-state index contributed by atoms with van der Waals surface area (Å²) in [5, 5.41) is 5.89. The summed E-state index contributed by atoms with van der Waals surface area (Å²) in [5.41, 5.74) is 2.79. The van der Waals surface area contributed by atoms with Crippen LogP contribution in [0.25, 0.3) is 11.1 Å². The van der Waals surface area contributed by atoms with E-state index >= 15 is 0 Å². The molecule has 0 spiro atoms. The van der Waals surface area contributed by atoms with Crippen LogP contribution in [0, 0.1) is 11.7 Å². The lowest BCUT2D eigenvalue weighted by Gasteiger charge is -2.18. The minimum absolute atomic E-state index is 0.0233. The topological polar surface area (TPSA) is 61.4 Å². The number of halogens is 2. The van der Waals surface area contributed by atoms with Gasteiger partial charge in [0.25, 0.3) is 0 Å². The van der Waals surface area contributed by atoms with Gasteiger partial charge in [0.05, 0.1) is 6.67 Å². The van der Waals surface area contributed by atoms with E-state index in [-0.39, 0.29) is 30.2 Å². The molecule has 0 radical (unpaired) electrons. The second-order valence-corrected chi connectivity index (χ2v) is 7.59. The Morgan fingerprint density at radius 1 is 1.20 bits per heavy atom. The number of benzene rings is 2. The van der Waals surface area contributed by atoms with Gasteiger partial charge >= 0.3 is 0 Å². The third-order valence-corrected chi connectivity index (χ3v) is 5.19. The third kappa shape index (κ3) is 5.63. The van der Waals surface area contributed by atoms with E-state index in [1.165, 1.54) is 13.0 Å². The van der Waals surface area contributed by atoms with Crippen molar-refractivity contribution in [2.75, 3.05) is 31.2 Å². The van der Waals surface area contributed by atoms with Crippen LogP contribution in [-0.4, -0.2) is 38.1 Å². The van der Waals surface area contributed by atoms with E-state index in [0.717, 1.165) is 11.1 Å². The number of hydrogen-bond donors (Lipinski definition) is 2. The highest BCUT2D eigenvalue weighted by atomic mass is 19.1. The fraction of sp³-hybridized carbons (Fsp3) is 0.391. The van der Waals surface area contributed by atoms with Crippen molar-refractivity contribution in [3.8, 4) is 11.1 Å². The maximum absolute atomic E-state index is 14.8. The molecule has 160 valence electrons. The van der Waals surface area contributed by atoms with Gasteiger partial charge in [0.15, 0.2) is 0 Å². The van der Waals surface area contributed by atoms with E-state index in [0.29, 0.717) is 50.3 Å². The summed E-state index contributed by atoms with van der Waals surface area (Å²) >= 11 is 0. The standard InChI is InChI=1S/C23H27F2N3O2/c1-16(29)27-14-18-11-23(30)28(15-18)20-7-8-21(22(25)12-20)19-5-3-17(4-6-19)13-26-10-2-9-24/h3-8,12,18,26H,2,9-11,13-15H2,1H3,(H,27,29)/t18-/m0/s1. The number of amides is 2. The first-order chi connectivity index (χ1) is 14.5. The highest BCUT2D eigenvalue weighted by molar-refractivity contribution is 5.96. The van der Waals surface area contributed by atoms with Crippen LogP contribution in [0.3, 0.4) is 0 Å². The molecule has 1 heterocycles. The predicted molar refractivity (Wildman–Crippen MR) is 113 cm³/mol. The fourth-order valence-electron chi connectivity index (χ4n) is 3.59. The van der Waals surface area contributed by atoms with Gasteiger partial charge in [0, 0.05) is 50.1 Å². The molecule has 0 bridgehead atoms. The molecule has 0 aromatic heterocycles. The number of anilines is 1. The molecule has 0 unspecified atom stereocenters. The lowest BCUT2D eigenvalue weighted by molar-refractivity contribution is -0.120. The average Bonchev–Trinajstić information content (AvgIpc) is 3.11. The van der Waals surface area contributed by atoms with E-state index in [4.69, 9.17) is 0 Å². The Labute approximate surface area is 175 Å². The molecule has 2 aromatic rings. The van der Waals surface area contributed by atoms with E-state index in [9.17, 15) is 18.4 Å². The van der Waals surface area contributed by atoms with Crippen molar-refractivity contribution < 1.29 is 18.4 Å². The number of hydrogen-bond acceptors (Lipinski definition) is 3. The van der Waals surface area contributed by atoms with Crippen molar-refractivity contribution in [3.63, 3.8) is 0 Å². The Hall–Kier alpha value is -2.80. The van der Waals surface area contributed by atoms with Gasteiger partial charge in [0.2, 0.25) is 11.8 Å². The minimum atomic E-state index is -0.389. The van der Waals surface area contributed by atoms with E-state index in [1.54, 1.807) is 17.0 Å². The lowest BCUT2D eigenvalue weighted by atomic mass is 10.0. The van der Waals surface area contributed by atoms with Crippen molar-refractivity contribution in [3.05, 3.63) is 53.8 Å². The number of rotatable bonds is 9. The molecule has 0 aliphatic carbocycles. The van der Waals surface area contributed by atoms with E-state index in [1.807, 2.05) is 24.3 Å². The van der Waals surface area contributed by atoms with Crippen molar-refractivity contribution in [1.29, 1.82) is 0 Å². The Morgan fingerprint density at radius 3 is 2.63 bits per heavy atom. The van der Waals surface area contributed by atoms with Gasteiger partial charge in [-0.15, -0.1) is 0 Å². The molecule has 30 heavy (non-hydrogen) atoms. The summed E-state index contributed by atoms with van der Waals surface area (Å²) in [5.74, 6) is -0.561. The maximum atomic E-state index is 14.8. The molecule has 1 atom stereocenters. The van der Waals surface area contributed by atoms with Crippen LogP contribution in [0.1, 0.15) is 25.3 Å². The molecule has 0 saturated carbocycles. The van der Waals surface area contributed by atoms with Crippen LogP contribution < -0.4 is 15.5 Å². The number of carbonyl (C=O) groups is 2. The van der Waals surface area contributed by atoms with Crippen LogP contribution in [0.4, 0.5) is 14.5 Å². The smallest absolute Gasteiger partial charge is 0.227 e. The minimum Gasteiger partial charge on any atom is -0.356 e. The van der Waals surface area contributed by atoms with Gasteiger partial charge in [-0.3, -0.25) is 14.0 Å². The number of alkyl halides is 1. The molecular weight excluding hydrogens is 388 g/mol. The summed E-state index contributed by atoms with van der Waals surface area (Å²) in [6.07, 6.45) is 0.827. The Bertz CT molecular complexity index is 887. The van der Waals surface area contributed by atoms with Crippen LogP contribution in [0.2, 0.25) is 0 Å². The highest BCUT2D eigenvalue weighted by Crippen LogP contribution is 2.30. The monoisotopic (exact) mass is 415 g/mol. The van der Waals surface area contributed by atoms with Gasteiger partial charge in [-0.05, 0) is 42.3 Å². The molecule has 1 aliphatic rings. The molecule has 1 fully saturated rings. The first-order valence-electron chi connectivity index (χ1n) is 10.2. The summed E-state index contributed by atoms with van der Waals surface area (Å²) in [6.45, 7) is 3.27. The van der Waals surface area contributed by atoms with Gasteiger partial charge in [-0.1, -0.05) is 24.3 Å². The molecule has 7 heteroatoms. The number of carbonyl (C=O) groups excluding carboxylic acids is 2. The summed E-state index contributed by atoms with van der Waals surface area (Å²) in [4.78, 5) is 25.0. The quantitative estimate of drug-likeness (QED) is 0.617. The molecule has 2 aromatic carbocycles. The Balaban J connectivity index is 1.65. The van der Waals surface area contributed by atoms with E-state index < -0.39 is 0 Å². The summed E-state index contributed by atoms with van der Waals surface area (Å²) in [7, 11) is 0. The third-order valence-electron chi connectivity index (χ3n) is 5.19. The molecule has 1 aliphatic heterocycles. The van der Waals surface area contributed by atoms with Crippen LogP contribution >= 0.6 is 0 Å². The first kappa shape index (κ1) is 21.9. The lowest BCUT2D eigenvalue weighted by Crippen LogP contribution is -2.29. The molecule has 1 saturated heterocycles. The average molecular weight is 415 g/mol. The van der Waals surface area contributed by atoms with Crippen LogP contribution in [0.15, 0.2) is 42.5 Å². The maximum Gasteiger partial charge on any atom is 0.227 e. The van der Waals surface area contributed by atoms with Gasteiger partial charge in [-0.25, -0.2) is 4.39 Å². The molecule has 2 N–H and O–H groups in total. The van der Waals surface area contributed by atoms with Crippen LogP contribution in [0.5, 0.6) is 0 Å². The van der Waals surface area contributed by atoms with Crippen molar-refractivity contribution in [2.24, 2.45) is 5.92 Å². The second kappa shape index (κ2) is 10.3. The summed E-state index contributed by atoms with van der Waals surface area (Å²) in [6, 6.07) is 12.4. The summed E-state index contributed by atoms with van der Waals surface area (Å²) < 4.78 is 26.9. The molecular formula is C23H27F2N3O2. The molecule has 5 nitrogen and oxygen atoms in total. The van der Waals surface area contributed by atoms with Gasteiger partial charge < -0.3 is 15.5 Å². The largest absolute Gasteiger partial charge is 0.356 e. The van der Waals surface area contributed by atoms with Crippen molar-refractivity contribution in [1.82, 2.24) is 10.6 Å². The molecule has 3 rings (SSSR count). The normalized spacial score (nSPS) is 16.2. The second-order valence-electron chi connectivity index (χ2n) is 7.59. The van der Waals surface area contributed by atoms with Crippen LogP contribution in [-0.2, 0) is 16.1 Å².